The minimum Gasteiger partial charge on any atom is -0.326 e. The zero-order valence-corrected chi connectivity index (χ0v) is 19.7. The molecule has 3 aromatic carbocycles. The van der Waals surface area contributed by atoms with Gasteiger partial charge in [-0.25, -0.2) is 9.99 Å². The van der Waals surface area contributed by atoms with Gasteiger partial charge in [0.05, 0.1) is 5.52 Å². The molecule has 5 rings (SSSR count). The molecule has 172 valence electrons. The average Bonchev–Trinajstić information content (AvgIpc) is 2.84. The molecular formula is C26H22Cl2N4O2. The van der Waals surface area contributed by atoms with Crippen molar-refractivity contribution in [3.8, 4) is 0 Å². The third-order valence-electron chi connectivity index (χ3n) is 6.08. The van der Waals surface area contributed by atoms with E-state index < -0.39 is 0 Å². The Bertz CT molecular complexity index is 1400. The predicted molar refractivity (Wildman–Crippen MR) is 136 cm³/mol. The Balaban J connectivity index is 1.16. The Kier molecular flexibility index (Phi) is 6.37. The highest BCUT2D eigenvalue weighted by atomic mass is 35.5. The van der Waals surface area contributed by atoms with Crippen molar-refractivity contribution in [1.29, 1.82) is 0 Å². The summed E-state index contributed by atoms with van der Waals surface area (Å²) in [6.07, 6.45) is 1.30. The summed E-state index contributed by atoms with van der Waals surface area (Å²) in [4.78, 5) is 29.9. The van der Waals surface area contributed by atoms with Crippen LogP contribution in [0.25, 0.3) is 21.7 Å². The van der Waals surface area contributed by atoms with E-state index in [0.717, 1.165) is 21.8 Å². The van der Waals surface area contributed by atoms with Crippen molar-refractivity contribution in [2.75, 3.05) is 18.4 Å². The normalized spacial score (nSPS) is 14.9. The third-order valence-corrected chi connectivity index (χ3v) is 6.55. The van der Waals surface area contributed by atoms with E-state index in [2.05, 4.69) is 15.7 Å². The second-order valence-electron chi connectivity index (χ2n) is 8.43. The van der Waals surface area contributed by atoms with Gasteiger partial charge in [0, 0.05) is 40.1 Å². The first-order chi connectivity index (χ1) is 16.4. The third kappa shape index (κ3) is 4.99. The van der Waals surface area contributed by atoms with Crippen LogP contribution in [0.15, 0.2) is 66.7 Å². The number of piperidine rings is 1. The van der Waals surface area contributed by atoms with Crippen LogP contribution in [0, 0.1) is 5.92 Å². The molecule has 2 amide bonds. The second-order valence-corrected chi connectivity index (χ2v) is 9.30. The SMILES string of the molecule is O=C(NN1CCC(C(=O)Nc2ccc3cc(Cl)ccc3c2)CC1)c1ccc2cc(Cl)ccc2n1. The topological polar surface area (TPSA) is 74.3 Å². The number of carbonyl (C=O) groups is 2. The molecule has 6 nitrogen and oxygen atoms in total. The molecule has 0 unspecified atom stereocenters. The van der Waals surface area contributed by atoms with E-state index in [1.165, 1.54) is 0 Å². The maximum absolute atomic E-state index is 12.8. The van der Waals surface area contributed by atoms with Crippen LogP contribution in [0.2, 0.25) is 10.0 Å². The first-order valence-electron chi connectivity index (χ1n) is 11.1. The monoisotopic (exact) mass is 492 g/mol. The molecule has 34 heavy (non-hydrogen) atoms. The van der Waals surface area contributed by atoms with E-state index >= 15 is 0 Å². The van der Waals surface area contributed by atoms with Crippen molar-refractivity contribution in [3.63, 3.8) is 0 Å². The van der Waals surface area contributed by atoms with Gasteiger partial charge in [0.15, 0.2) is 0 Å². The first kappa shape index (κ1) is 22.6. The van der Waals surface area contributed by atoms with Gasteiger partial charge in [0.1, 0.15) is 5.69 Å². The molecule has 1 aliphatic rings. The Morgan fingerprint density at radius 2 is 1.47 bits per heavy atom. The molecule has 1 saturated heterocycles. The molecule has 2 heterocycles. The Morgan fingerprint density at radius 3 is 2.26 bits per heavy atom. The summed E-state index contributed by atoms with van der Waals surface area (Å²) in [5.74, 6) is -0.386. The number of nitrogens with zero attached hydrogens (tertiary/aromatic N) is 2. The van der Waals surface area contributed by atoms with Crippen LogP contribution in [-0.4, -0.2) is 34.9 Å². The highest BCUT2D eigenvalue weighted by Crippen LogP contribution is 2.24. The van der Waals surface area contributed by atoms with Crippen LogP contribution in [0.3, 0.4) is 0 Å². The van der Waals surface area contributed by atoms with Crippen molar-refractivity contribution in [2.24, 2.45) is 5.92 Å². The molecule has 1 fully saturated rings. The zero-order valence-electron chi connectivity index (χ0n) is 18.2. The number of nitrogens with one attached hydrogen (secondary N) is 2. The fraction of sp³-hybridized carbons (Fsp3) is 0.192. The standard InChI is InChI=1S/C26H22Cl2N4O2/c27-20-4-1-18-15-22(6-2-17(18)13-20)29-25(33)16-9-11-32(12-10-16)31-26(34)24-7-3-19-14-21(28)5-8-23(19)30-24/h1-8,13-16H,9-12H2,(H,29,33)(H,31,34). The maximum Gasteiger partial charge on any atom is 0.284 e. The van der Waals surface area contributed by atoms with Crippen LogP contribution in [0.5, 0.6) is 0 Å². The van der Waals surface area contributed by atoms with Crippen molar-refractivity contribution >= 4 is 62.4 Å². The Morgan fingerprint density at radius 1 is 0.824 bits per heavy atom. The summed E-state index contributed by atoms with van der Waals surface area (Å²) in [5.41, 5.74) is 4.72. The van der Waals surface area contributed by atoms with Crippen molar-refractivity contribution in [2.45, 2.75) is 12.8 Å². The van der Waals surface area contributed by atoms with Gasteiger partial charge >= 0.3 is 0 Å². The van der Waals surface area contributed by atoms with Gasteiger partial charge in [-0.3, -0.25) is 15.0 Å². The number of benzene rings is 3. The molecule has 2 N–H and O–H groups in total. The second kappa shape index (κ2) is 9.58. The lowest BCUT2D eigenvalue weighted by atomic mass is 9.96. The maximum atomic E-state index is 12.8. The van der Waals surface area contributed by atoms with E-state index in [-0.39, 0.29) is 17.7 Å². The fourth-order valence-corrected chi connectivity index (χ4v) is 4.58. The quantitative estimate of drug-likeness (QED) is 0.383. The average molecular weight is 493 g/mol. The minimum absolute atomic E-state index is 0.00542. The largest absolute Gasteiger partial charge is 0.326 e. The van der Waals surface area contributed by atoms with Gasteiger partial charge in [0.25, 0.3) is 5.91 Å². The number of carbonyl (C=O) groups excluding carboxylic acids is 2. The summed E-state index contributed by atoms with van der Waals surface area (Å²) in [5, 5.41) is 9.11. The van der Waals surface area contributed by atoms with E-state index in [0.29, 0.717) is 47.2 Å². The van der Waals surface area contributed by atoms with Crippen LogP contribution in [-0.2, 0) is 4.79 Å². The number of amides is 2. The molecule has 4 aromatic rings. The van der Waals surface area contributed by atoms with Gasteiger partial charge in [-0.1, -0.05) is 41.4 Å². The lowest BCUT2D eigenvalue weighted by Crippen LogP contribution is -2.48. The zero-order chi connectivity index (χ0) is 23.7. The summed E-state index contributed by atoms with van der Waals surface area (Å²) in [7, 11) is 0. The number of rotatable bonds is 4. The van der Waals surface area contributed by atoms with E-state index in [9.17, 15) is 9.59 Å². The van der Waals surface area contributed by atoms with Gasteiger partial charge < -0.3 is 5.32 Å². The minimum atomic E-state index is -0.268. The highest BCUT2D eigenvalue weighted by molar-refractivity contribution is 6.31. The smallest absolute Gasteiger partial charge is 0.284 e. The van der Waals surface area contributed by atoms with Gasteiger partial charge in [0.2, 0.25) is 5.91 Å². The Labute approximate surface area is 206 Å². The number of halogens is 2. The fourth-order valence-electron chi connectivity index (χ4n) is 4.22. The lowest BCUT2D eigenvalue weighted by Gasteiger charge is -2.31. The van der Waals surface area contributed by atoms with Gasteiger partial charge in [-0.2, -0.15) is 0 Å². The number of hydrazine groups is 1. The van der Waals surface area contributed by atoms with E-state index in [1.54, 1.807) is 18.2 Å². The molecule has 1 aliphatic heterocycles. The molecule has 0 saturated carbocycles. The van der Waals surface area contributed by atoms with Gasteiger partial charge in [-0.15, -0.1) is 0 Å². The molecule has 0 aliphatic carbocycles. The number of hydrogen-bond acceptors (Lipinski definition) is 4. The molecule has 1 aromatic heterocycles. The number of hydrogen-bond donors (Lipinski definition) is 2. The first-order valence-corrected chi connectivity index (χ1v) is 11.8. The summed E-state index contributed by atoms with van der Waals surface area (Å²) in [6, 6.07) is 20.3. The van der Waals surface area contributed by atoms with Crippen LogP contribution in [0.1, 0.15) is 23.3 Å². The van der Waals surface area contributed by atoms with Crippen molar-refractivity contribution in [1.82, 2.24) is 15.4 Å². The molecule has 0 atom stereocenters. The predicted octanol–water partition coefficient (Wildman–Crippen LogP) is 5.69. The van der Waals surface area contributed by atoms with Gasteiger partial charge in [-0.05, 0) is 72.1 Å². The van der Waals surface area contributed by atoms with E-state index in [1.807, 2.05) is 53.5 Å². The molecule has 0 spiro atoms. The molecular weight excluding hydrogens is 471 g/mol. The number of anilines is 1. The number of pyridine rings is 1. The number of fused-ring (bicyclic) bond motifs is 2. The highest BCUT2D eigenvalue weighted by Gasteiger charge is 2.26. The van der Waals surface area contributed by atoms with Crippen LogP contribution < -0.4 is 10.7 Å². The molecule has 8 heteroatoms. The van der Waals surface area contributed by atoms with Crippen LogP contribution >= 0.6 is 23.2 Å². The van der Waals surface area contributed by atoms with Crippen LogP contribution in [0.4, 0.5) is 5.69 Å². The summed E-state index contributed by atoms with van der Waals surface area (Å²) in [6.45, 7) is 1.17. The lowest BCUT2D eigenvalue weighted by molar-refractivity contribution is -0.121. The molecule has 0 radical (unpaired) electrons. The summed E-state index contributed by atoms with van der Waals surface area (Å²) >= 11 is 12.1. The summed E-state index contributed by atoms with van der Waals surface area (Å²) < 4.78 is 0. The van der Waals surface area contributed by atoms with Crippen molar-refractivity contribution in [3.05, 3.63) is 82.5 Å². The van der Waals surface area contributed by atoms with Crippen molar-refractivity contribution < 1.29 is 9.59 Å². The number of aromatic nitrogens is 1. The Hall–Kier alpha value is -3.19. The molecule has 0 bridgehead atoms. The van der Waals surface area contributed by atoms with E-state index in [4.69, 9.17) is 23.2 Å².